The second-order valence-corrected chi connectivity index (χ2v) is 3.46. The Balaban J connectivity index is 4.04. The lowest BCUT2D eigenvalue weighted by molar-refractivity contribution is -0.0502. The van der Waals surface area contributed by atoms with E-state index in [4.69, 9.17) is 6.42 Å². The third-order valence-corrected chi connectivity index (χ3v) is 0.882. The molecule has 0 spiro atoms. The fraction of sp³-hybridized carbons (Fsp3) is 0.750. The van der Waals surface area contributed by atoms with Gasteiger partial charge in [-0.25, -0.2) is 0 Å². The van der Waals surface area contributed by atoms with Crippen LogP contribution in [0.1, 0.15) is 27.2 Å². The van der Waals surface area contributed by atoms with Crippen LogP contribution in [0.3, 0.4) is 0 Å². The number of hydrogen-bond donors (Lipinski definition) is 1. The topological polar surface area (TPSA) is 12.0 Å². The summed E-state index contributed by atoms with van der Waals surface area (Å²) in [5, 5.41) is 2.12. The Bertz CT molecular complexity index is 162. The van der Waals surface area contributed by atoms with Crippen LogP contribution in [0.15, 0.2) is 0 Å². The van der Waals surface area contributed by atoms with Crippen molar-refractivity contribution in [2.45, 2.75) is 38.8 Å². The molecule has 0 saturated heterocycles. The Morgan fingerprint density at radius 2 is 1.82 bits per heavy atom. The van der Waals surface area contributed by atoms with E-state index in [0.29, 0.717) is 0 Å². The molecule has 1 nitrogen and oxygen atoms in total. The molecule has 0 saturated carbocycles. The van der Waals surface area contributed by atoms with Crippen LogP contribution in [-0.4, -0.2) is 11.6 Å². The van der Waals surface area contributed by atoms with Crippen molar-refractivity contribution in [2.75, 3.05) is 0 Å². The molecule has 64 valence electrons. The SMILES string of the molecule is C#CCC(F)(F)NC(C)(C)C. The highest BCUT2D eigenvalue weighted by atomic mass is 19.3. The lowest BCUT2D eigenvalue weighted by Crippen LogP contribution is -2.48. The molecule has 0 aromatic carbocycles. The molecule has 0 radical (unpaired) electrons. The zero-order valence-electron chi connectivity index (χ0n) is 7.04. The van der Waals surface area contributed by atoms with Gasteiger partial charge in [0.15, 0.2) is 0 Å². The summed E-state index contributed by atoms with van der Waals surface area (Å²) in [4.78, 5) is 0. The first-order chi connectivity index (χ1) is 4.77. The molecular formula is C8H13F2N. The van der Waals surface area contributed by atoms with Crippen molar-refractivity contribution in [2.24, 2.45) is 0 Å². The molecule has 0 aromatic heterocycles. The van der Waals surface area contributed by atoms with Gasteiger partial charge in [-0.2, -0.15) is 8.78 Å². The Labute approximate surface area is 66.2 Å². The van der Waals surface area contributed by atoms with Gasteiger partial charge in [0.05, 0.1) is 6.42 Å². The van der Waals surface area contributed by atoms with E-state index in [0.717, 1.165) is 0 Å². The summed E-state index contributed by atoms with van der Waals surface area (Å²) in [5.74, 6) is 1.92. The Kier molecular flexibility index (Phi) is 3.01. The van der Waals surface area contributed by atoms with Gasteiger partial charge >= 0.3 is 6.05 Å². The van der Waals surface area contributed by atoms with Gasteiger partial charge in [0.2, 0.25) is 0 Å². The first-order valence-corrected chi connectivity index (χ1v) is 3.37. The fourth-order valence-corrected chi connectivity index (χ4v) is 0.721. The highest BCUT2D eigenvalue weighted by Crippen LogP contribution is 2.17. The normalized spacial score (nSPS) is 12.7. The average Bonchev–Trinajstić information content (AvgIpc) is 1.55. The van der Waals surface area contributed by atoms with E-state index in [9.17, 15) is 8.78 Å². The van der Waals surface area contributed by atoms with Crippen LogP contribution in [0.5, 0.6) is 0 Å². The Morgan fingerprint density at radius 3 is 2.09 bits per heavy atom. The average molecular weight is 161 g/mol. The Morgan fingerprint density at radius 1 is 1.36 bits per heavy atom. The van der Waals surface area contributed by atoms with Crippen LogP contribution in [0, 0.1) is 12.3 Å². The molecule has 11 heavy (non-hydrogen) atoms. The summed E-state index contributed by atoms with van der Waals surface area (Å²) in [6.45, 7) is 4.99. The number of terminal acetylenes is 1. The van der Waals surface area contributed by atoms with E-state index in [1.54, 1.807) is 20.8 Å². The summed E-state index contributed by atoms with van der Waals surface area (Å²) >= 11 is 0. The smallest absolute Gasteiger partial charge is 0.253 e. The quantitative estimate of drug-likeness (QED) is 0.482. The third-order valence-electron chi connectivity index (χ3n) is 0.882. The van der Waals surface area contributed by atoms with Gasteiger partial charge in [0, 0.05) is 5.54 Å². The summed E-state index contributed by atoms with van der Waals surface area (Å²) in [6.07, 6.45) is 4.20. The van der Waals surface area contributed by atoms with E-state index < -0.39 is 18.0 Å². The van der Waals surface area contributed by atoms with E-state index in [1.807, 2.05) is 5.92 Å². The number of nitrogens with one attached hydrogen (secondary N) is 1. The Hall–Kier alpha value is -0.620. The molecule has 3 heteroatoms. The number of halogens is 2. The van der Waals surface area contributed by atoms with Crippen molar-refractivity contribution in [3.63, 3.8) is 0 Å². The molecule has 0 aromatic rings. The second kappa shape index (κ2) is 3.19. The van der Waals surface area contributed by atoms with E-state index in [1.165, 1.54) is 0 Å². The molecule has 0 atom stereocenters. The molecule has 0 unspecified atom stereocenters. The maximum atomic E-state index is 12.7. The van der Waals surface area contributed by atoms with Crippen LogP contribution >= 0.6 is 0 Å². The van der Waals surface area contributed by atoms with Gasteiger partial charge in [-0.05, 0) is 20.8 Å². The highest BCUT2D eigenvalue weighted by Gasteiger charge is 2.31. The van der Waals surface area contributed by atoms with Gasteiger partial charge in [-0.15, -0.1) is 6.42 Å². The summed E-state index contributed by atoms with van der Waals surface area (Å²) in [6, 6.07) is -2.95. The molecule has 0 bridgehead atoms. The largest absolute Gasteiger partial charge is 0.313 e. The molecule has 0 aliphatic heterocycles. The van der Waals surface area contributed by atoms with Crippen molar-refractivity contribution in [1.82, 2.24) is 5.32 Å². The predicted octanol–water partition coefficient (Wildman–Crippen LogP) is 1.99. The molecule has 0 amide bonds. The first kappa shape index (κ1) is 10.4. The number of hydrogen-bond acceptors (Lipinski definition) is 1. The van der Waals surface area contributed by atoms with Gasteiger partial charge in [0.1, 0.15) is 0 Å². The zero-order chi connectivity index (χ0) is 9.12. The summed E-state index contributed by atoms with van der Waals surface area (Å²) in [5.41, 5.74) is -0.611. The lowest BCUT2D eigenvalue weighted by Gasteiger charge is -2.26. The van der Waals surface area contributed by atoms with E-state index in [2.05, 4.69) is 5.32 Å². The maximum Gasteiger partial charge on any atom is 0.313 e. The highest BCUT2D eigenvalue weighted by molar-refractivity contribution is 4.91. The minimum absolute atomic E-state index is 0.565. The standard InChI is InChI=1S/C8H13F2N/c1-5-6-8(9,10)11-7(2,3)4/h1,11H,6H2,2-4H3. The van der Waals surface area contributed by atoms with Crippen LogP contribution < -0.4 is 5.32 Å². The fourth-order valence-electron chi connectivity index (χ4n) is 0.721. The monoisotopic (exact) mass is 161 g/mol. The molecule has 1 N–H and O–H groups in total. The molecule has 0 aliphatic rings. The summed E-state index contributed by atoms with van der Waals surface area (Å²) < 4.78 is 25.3. The zero-order valence-corrected chi connectivity index (χ0v) is 7.04. The van der Waals surface area contributed by atoms with Crippen molar-refractivity contribution < 1.29 is 8.78 Å². The molecule has 0 rings (SSSR count). The van der Waals surface area contributed by atoms with Gasteiger partial charge in [-0.3, -0.25) is 5.32 Å². The molecule has 0 heterocycles. The molecule has 0 fully saturated rings. The van der Waals surface area contributed by atoms with E-state index >= 15 is 0 Å². The second-order valence-electron chi connectivity index (χ2n) is 3.46. The first-order valence-electron chi connectivity index (χ1n) is 3.37. The van der Waals surface area contributed by atoms with Crippen LogP contribution in [0.2, 0.25) is 0 Å². The van der Waals surface area contributed by atoms with Gasteiger partial charge in [-0.1, -0.05) is 5.92 Å². The van der Waals surface area contributed by atoms with Gasteiger partial charge in [0.25, 0.3) is 0 Å². The van der Waals surface area contributed by atoms with E-state index in [-0.39, 0.29) is 0 Å². The summed E-state index contributed by atoms with van der Waals surface area (Å²) in [7, 11) is 0. The predicted molar refractivity (Wildman–Crippen MR) is 41.3 cm³/mol. The lowest BCUT2D eigenvalue weighted by atomic mass is 10.1. The molecular weight excluding hydrogens is 148 g/mol. The maximum absolute atomic E-state index is 12.7. The van der Waals surface area contributed by atoms with Gasteiger partial charge < -0.3 is 0 Å². The minimum Gasteiger partial charge on any atom is -0.253 e. The van der Waals surface area contributed by atoms with Crippen LogP contribution in [-0.2, 0) is 0 Å². The van der Waals surface area contributed by atoms with Crippen LogP contribution in [0.4, 0.5) is 8.78 Å². The van der Waals surface area contributed by atoms with Crippen molar-refractivity contribution in [3.8, 4) is 12.3 Å². The number of rotatable bonds is 2. The van der Waals surface area contributed by atoms with Crippen LogP contribution in [0.25, 0.3) is 0 Å². The number of alkyl halides is 2. The minimum atomic E-state index is -2.95. The third kappa shape index (κ3) is 5.81. The molecule has 0 aliphatic carbocycles. The van der Waals surface area contributed by atoms with Crippen molar-refractivity contribution >= 4 is 0 Å². The van der Waals surface area contributed by atoms with Crippen molar-refractivity contribution in [3.05, 3.63) is 0 Å². The van der Waals surface area contributed by atoms with Crippen molar-refractivity contribution in [1.29, 1.82) is 0 Å².